The van der Waals surface area contributed by atoms with Crippen LogP contribution in [0.4, 0.5) is 5.88 Å². The molecule has 0 aliphatic carbocycles. The Bertz CT molecular complexity index is 713. The zero-order valence-electron chi connectivity index (χ0n) is 10.2. The first-order valence-corrected chi connectivity index (χ1v) is 6.09. The normalized spacial score (nSPS) is 10.8. The fourth-order valence-corrected chi connectivity index (χ4v) is 2.09. The van der Waals surface area contributed by atoms with E-state index in [-0.39, 0.29) is 5.88 Å². The summed E-state index contributed by atoms with van der Waals surface area (Å²) in [5.74, 6) is 1.08. The molecule has 0 radical (unpaired) electrons. The second kappa shape index (κ2) is 4.48. The number of hydrogen-bond donors (Lipinski definition) is 1. The Morgan fingerprint density at radius 3 is 2.53 bits per heavy atom. The highest BCUT2D eigenvalue weighted by molar-refractivity contribution is 6.30. The third-order valence-corrected chi connectivity index (χ3v) is 3.11. The fraction of sp³-hybridized carbons (Fsp3) is 0.0714. The number of furan rings is 1. The number of rotatable bonds is 2. The van der Waals surface area contributed by atoms with Crippen molar-refractivity contribution < 1.29 is 8.94 Å². The highest BCUT2D eigenvalue weighted by Gasteiger charge is 2.18. The molecule has 0 spiro atoms. The first-order valence-electron chi connectivity index (χ1n) is 5.72. The summed E-state index contributed by atoms with van der Waals surface area (Å²) in [6.45, 7) is 1.87. The minimum Gasteiger partial charge on any atom is -0.469 e. The van der Waals surface area contributed by atoms with E-state index in [1.54, 1.807) is 18.4 Å². The number of nitrogens with two attached hydrogens (primary N) is 1. The van der Waals surface area contributed by atoms with Crippen LogP contribution < -0.4 is 5.73 Å². The molecule has 0 amide bonds. The van der Waals surface area contributed by atoms with Crippen LogP contribution in [0.25, 0.3) is 22.4 Å². The summed E-state index contributed by atoms with van der Waals surface area (Å²) in [7, 11) is 0. The summed E-state index contributed by atoms with van der Waals surface area (Å²) in [4.78, 5) is 0. The van der Waals surface area contributed by atoms with Gasteiger partial charge in [0, 0.05) is 10.6 Å². The number of benzene rings is 1. The summed E-state index contributed by atoms with van der Waals surface area (Å²) in [6, 6.07) is 9.24. The number of nitrogens with zero attached hydrogens (tertiary/aromatic N) is 1. The lowest BCUT2D eigenvalue weighted by molar-refractivity contribution is 0.439. The van der Waals surface area contributed by atoms with Gasteiger partial charge < -0.3 is 14.7 Å². The maximum Gasteiger partial charge on any atom is 0.230 e. The maximum absolute atomic E-state index is 5.89. The van der Waals surface area contributed by atoms with Crippen LogP contribution in [0, 0.1) is 6.92 Å². The van der Waals surface area contributed by atoms with Crippen molar-refractivity contribution >= 4 is 17.5 Å². The van der Waals surface area contributed by atoms with Gasteiger partial charge in [0.2, 0.25) is 5.88 Å². The largest absolute Gasteiger partial charge is 0.469 e. The molecule has 0 aliphatic rings. The van der Waals surface area contributed by atoms with E-state index >= 15 is 0 Å². The van der Waals surface area contributed by atoms with E-state index in [2.05, 4.69) is 5.16 Å². The fourth-order valence-electron chi connectivity index (χ4n) is 1.96. The van der Waals surface area contributed by atoms with E-state index in [1.165, 1.54) is 0 Å². The summed E-state index contributed by atoms with van der Waals surface area (Å²) in [6.07, 6.45) is 1.63. The molecule has 0 fully saturated rings. The summed E-state index contributed by atoms with van der Waals surface area (Å²) in [5, 5.41) is 4.67. The van der Waals surface area contributed by atoms with Crippen LogP contribution in [0.3, 0.4) is 0 Å². The molecule has 2 N–H and O–H groups in total. The molecule has 0 bridgehead atoms. The predicted octanol–water partition coefficient (Wildman–Crippen LogP) is 4.15. The van der Waals surface area contributed by atoms with E-state index in [1.807, 2.05) is 25.1 Å². The molecule has 1 aromatic carbocycles. The number of anilines is 1. The van der Waals surface area contributed by atoms with Crippen LogP contribution in [0.15, 0.2) is 45.5 Å². The summed E-state index contributed by atoms with van der Waals surface area (Å²) in [5.41, 5.74) is 9.01. The van der Waals surface area contributed by atoms with Crippen molar-refractivity contribution in [2.75, 3.05) is 5.73 Å². The Morgan fingerprint density at radius 1 is 1.16 bits per heavy atom. The van der Waals surface area contributed by atoms with E-state index in [0.717, 1.165) is 22.5 Å². The van der Waals surface area contributed by atoms with Gasteiger partial charge in [-0.25, -0.2) is 0 Å². The van der Waals surface area contributed by atoms with E-state index in [9.17, 15) is 0 Å². The number of aryl methyl sites for hydroxylation is 1. The van der Waals surface area contributed by atoms with E-state index < -0.39 is 0 Å². The first kappa shape index (κ1) is 11.9. The lowest BCUT2D eigenvalue weighted by atomic mass is 10.0. The average molecular weight is 275 g/mol. The zero-order valence-corrected chi connectivity index (χ0v) is 10.9. The standard InChI is InChI=1S/C14H11ClN2O2/c1-8-6-10(7-18-8)13-12(14(16)19-17-13)9-2-4-11(15)5-3-9/h2-7H,16H2,1H3. The average Bonchev–Trinajstić information content (AvgIpc) is 2.97. The summed E-state index contributed by atoms with van der Waals surface area (Å²) >= 11 is 5.89. The van der Waals surface area contributed by atoms with Gasteiger partial charge in [0.05, 0.1) is 5.56 Å². The number of halogens is 1. The third kappa shape index (κ3) is 2.11. The SMILES string of the molecule is Cc1cc(-c2noc(N)c2-c2ccc(Cl)cc2)co1. The van der Waals surface area contributed by atoms with Crippen molar-refractivity contribution in [3.05, 3.63) is 47.4 Å². The molecule has 19 heavy (non-hydrogen) atoms. The van der Waals surface area contributed by atoms with Gasteiger partial charge in [0.15, 0.2) is 0 Å². The van der Waals surface area contributed by atoms with Crippen LogP contribution in [-0.4, -0.2) is 5.16 Å². The molecule has 3 aromatic rings. The minimum absolute atomic E-state index is 0.274. The van der Waals surface area contributed by atoms with Crippen LogP contribution >= 0.6 is 11.6 Å². The van der Waals surface area contributed by atoms with E-state index in [4.69, 9.17) is 26.3 Å². The molecule has 5 heteroatoms. The van der Waals surface area contributed by atoms with Crippen molar-refractivity contribution in [3.63, 3.8) is 0 Å². The Balaban J connectivity index is 2.16. The quantitative estimate of drug-likeness (QED) is 0.762. The molecule has 0 saturated carbocycles. The van der Waals surface area contributed by atoms with Crippen molar-refractivity contribution in [1.82, 2.24) is 5.16 Å². The molecule has 3 rings (SSSR count). The van der Waals surface area contributed by atoms with Crippen LogP contribution in [0.1, 0.15) is 5.76 Å². The lowest BCUT2D eigenvalue weighted by Crippen LogP contribution is -1.86. The van der Waals surface area contributed by atoms with Gasteiger partial charge in [0.1, 0.15) is 17.7 Å². The topological polar surface area (TPSA) is 65.2 Å². The second-order valence-electron chi connectivity index (χ2n) is 4.22. The Labute approximate surface area is 114 Å². The Kier molecular flexibility index (Phi) is 2.80. The maximum atomic E-state index is 5.89. The number of hydrogen-bond acceptors (Lipinski definition) is 4. The molecule has 2 heterocycles. The van der Waals surface area contributed by atoms with E-state index in [0.29, 0.717) is 10.7 Å². The number of nitrogen functional groups attached to an aromatic ring is 1. The van der Waals surface area contributed by atoms with Gasteiger partial charge >= 0.3 is 0 Å². The molecular formula is C14H11ClN2O2. The minimum atomic E-state index is 0.274. The molecule has 4 nitrogen and oxygen atoms in total. The van der Waals surface area contributed by atoms with Gasteiger partial charge in [-0.2, -0.15) is 0 Å². The Hall–Kier alpha value is -2.20. The zero-order chi connectivity index (χ0) is 13.4. The predicted molar refractivity (Wildman–Crippen MR) is 73.8 cm³/mol. The van der Waals surface area contributed by atoms with Gasteiger partial charge in [0.25, 0.3) is 0 Å². The highest BCUT2D eigenvalue weighted by Crippen LogP contribution is 2.37. The lowest BCUT2D eigenvalue weighted by Gasteiger charge is -2.01. The monoisotopic (exact) mass is 274 g/mol. The van der Waals surface area contributed by atoms with Crippen molar-refractivity contribution in [2.45, 2.75) is 6.92 Å². The second-order valence-corrected chi connectivity index (χ2v) is 4.66. The molecule has 0 atom stereocenters. The number of aromatic nitrogens is 1. The van der Waals surface area contributed by atoms with Crippen LogP contribution in [0.5, 0.6) is 0 Å². The highest BCUT2D eigenvalue weighted by atomic mass is 35.5. The van der Waals surface area contributed by atoms with Crippen molar-refractivity contribution in [2.24, 2.45) is 0 Å². The molecule has 0 aliphatic heterocycles. The van der Waals surface area contributed by atoms with Gasteiger partial charge in [-0.3, -0.25) is 0 Å². The van der Waals surface area contributed by atoms with Crippen molar-refractivity contribution in [3.8, 4) is 22.4 Å². The van der Waals surface area contributed by atoms with Crippen molar-refractivity contribution in [1.29, 1.82) is 0 Å². The first-order chi connectivity index (χ1) is 9.15. The Morgan fingerprint density at radius 2 is 1.89 bits per heavy atom. The third-order valence-electron chi connectivity index (χ3n) is 2.86. The van der Waals surface area contributed by atoms with Gasteiger partial charge in [-0.1, -0.05) is 28.9 Å². The van der Waals surface area contributed by atoms with Gasteiger partial charge in [-0.15, -0.1) is 0 Å². The summed E-state index contributed by atoms with van der Waals surface area (Å²) < 4.78 is 10.4. The molecule has 2 aromatic heterocycles. The van der Waals surface area contributed by atoms with Gasteiger partial charge in [-0.05, 0) is 30.7 Å². The smallest absolute Gasteiger partial charge is 0.230 e. The molecular weight excluding hydrogens is 264 g/mol. The molecule has 0 unspecified atom stereocenters. The van der Waals surface area contributed by atoms with Crippen LogP contribution in [0.2, 0.25) is 5.02 Å². The molecule has 96 valence electrons. The van der Waals surface area contributed by atoms with Crippen LogP contribution in [-0.2, 0) is 0 Å². The molecule has 0 saturated heterocycles.